The Labute approximate surface area is 80.2 Å². The fourth-order valence-electron chi connectivity index (χ4n) is 2.26. The average Bonchev–Trinajstić information content (AvgIpc) is 2.59. The molecule has 1 aliphatic rings. The van der Waals surface area contributed by atoms with E-state index in [9.17, 15) is 0 Å². The zero-order valence-corrected chi connectivity index (χ0v) is 8.91. The molecule has 0 unspecified atom stereocenters. The molecular weight excluding hydrogens is 158 g/mol. The normalized spacial score (nSPS) is 14.8. The van der Waals surface area contributed by atoms with Crippen molar-refractivity contribution in [1.29, 1.82) is 0 Å². The monoisotopic (exact) mass is 175 g/mol. The lowest BCUT2D eigenvalue weighted by Gasteiger charge is -2.14. The molecule has 1 heteroatoms. The summed E-state index contributed by atoms with van der Waals surface area (Å²) in [6.07, 6.45) is 0. The van der Waals surface area contributed by atoms with Gasteiger partial charge in [-0.25, -0.2) is 0 Å². The van der Waals surface area contributed by atoms with E-state index in [1.54, 1.807) is 11.1 Å². The van der Waals surface area contributed by atoms with Gasteiger partial charge in [0.25, 0.3) is 0 Å². The first-order valence-electron chi connectivity index (χ1n) is 4.91. The molecule has 13 heavy (non-hydrogen) atoms. The third-order valence-corrected chi connectivity index (χ3v) is 3.56. The van der Waals surface area contributed by atoms with Crippen LogP contribution in [0.4, 0.5) is 0 Å². The SMILES string of the molecule is Cc1c(C)c(C)c2c(c1C)CNC2. The van der Waals surface area contributed by atoms with E-state index < -0.39 is 0 Å². The molecule has 1 nitrogen and oxygen atoms in total. The Morgan fingerprint density at radius 1 is 0.692 bits per heavy atom. The molecule has 2 rings (SSSR count). The van der Waals surface area contributed by atoms with Crippen molar-refractivity contribution in [2.75, 3.05) is 0 Å². The van der Waals surface area contributed by atoms with Crippen LogP contribution >= 0.6 is 0 Å². The van der Waals surface area contributed by atoms with Gasteiger partial charge in [-0.1, -0.05) is 0 Å². The second-order valence-corrected chi connectivity index (χ2v) is 4.06. The maximum Gasteiger partial charge on any atom is 0.0214 e. The highest BCUT2D eigenvalue weighted by Crippen LogP contribution is 2.29. The van der Waals surface area contributed by atoms with Gasteiger partial charge in [0.05, 0.1) is 0 Å². The Balaban J connectivity index is 2.77. The highest BCUT2D eigenvalue weighted by atomic mass is 14.9. The zero-order chi connectivity index (χ0) is 9.59. The van der Waals surface area contributed by atoms with Crippen LogP contribution in [0.3, 0.4) is 0 Å². The molecule has 0 radical (unpaired) electrons. The first-order chi connectivity index (χ1) is 6.13. The molecule has 70 valence electrons. The van der Waals surface area contributed by atoms with Crippen LogP contribution in [0.1, 0.15) is 33.4 Å². The third-order valence-electron chi connectivity index (χ3n) is 3.56. The molecule has 1 aromatic carbocycles. The van der Waals surface area contributed by atoms with Crippen LogP contribution in [0.25, 0.3) is 0 Å². The van der Waals surface area contributed by atoms with E-state index in [2.05, 4.69) is 33.0 Å². The van der Waals surface area contributed by atoms with Crippen molar-refractivity contribution in [1.82, 2.24) is 5.32 Å². The summed E-state index contributed by atoms with van der Waals surface area (Å²) in [7, 11) is 0. The molecule has 1 N–H and O–H groups in total. The largest absolute Gasteiger partial charge is 0.309 e. The molecule has 0 fully saturated rings. The van der Waals surface area contributed by atoms with Gasteiger partial charge in [0, 0.05) is 13.1 Å². The second kappa shape index (κ2) is 2.85. The van der Waals surface area contributed by atoms with Gasteiger partial charge < -0.3 is 5.32 Å². The van der Waals surface area contributed by atoms with Crippen LogP contribution in [0.15, 0.2) is 0 Å². The van der Waals surface area contributed by atoms with Gasteiger partial charge in [0.15, 0.2) is 0 Å². The molecule has 1 heterocycles. The minimum atomic E-state index is 1.06. The van der Waals surface area contributed by atoms with Crippen molar-refractivity contribution in [3.05, 3.63) is 33.4 Å². The van der Waals surface area contributed by atoms with Gasteiger partial charge in [0.1, 0.15) is 0 Å². The number of fused-ring (bicyclic) bond motifs is 1. The molecule has 0 saturated carbocycles. The lowest BCUT2D eigenvalue weighted by molar-refractivity contribution is 0.762. The number of rotatable bonds is 0. The summed E-state index contributed by atoms with van der Waals surface area (Å²) in [6.45, 7) is 11.1. The van der Waals surface area contributed by atoms with Crippen molar-refractivity contribution < 1.29 is 0 Å². The molecule has 0 atom stereocenters. The minimum Gasteiger partial charge on any atom is -0.309 e. The lowest BCUT2D eigenvalue weighted by atomic mass is 9.90. The first kappa shape index (κ1) is 8.76. The first-order valence-corrected chi connectivity index (χ1v) is 4.91. The Morgan fingerprint density at radius 3 is 1.46 bits per heavy atom. The number of hydrogen-bond donors (Lipinski definition) is 1. The van der Waals surface area contributed by atoms with Crippen LogP contribution in [0.2, 0.25) is 0 Å². The highest BCUT2D eigenvalue weighted by Gasteiger charge is 2.18. The fraction of sp³-hybridized carbons (Fsp3) is 0.500. The predicted molar refractivity (Wildman–Crippen MR) is 55.9 cm³/mol. The van der Waals surface area contributed by atoms with Crippen molar-refractivity contribution in [3.63, 3.8) is 0 Å². The van der Waals surface area contributed by atoms with Gasteiger partial charge in [-0.2, -0.15) is 0 Å². The number of benzene rings is 1. The Morgan fingerprint density at radius 2 is 1.08 bits per heavy atom. The van der Waals surface area contributed by atoms with Crippen molar-refractivity contribution in [3.8, 4) is 0 Å². The van der Waals surface area contributed by atoms with Crippen LogP contribution in [-0.4, -0.2) is 0 Å². The number of nitrogens with one attached hydrogen (secondary N) is 1. The van der Waals surface area contributed by atoms with Gasteiger partial charge in [-0.15, -0.1) is 0 Å². The summed E-state index contributed by atoms with van der Waals surface area (Å²) in [6, 6.07) is 0. The smallest absolute Gasteiger partial charge is 0.0214 e. The maximum absolute atomic E-state index is 3.42. The summed E-state index contributed by atoms with van der Waals surface area (Å²) in [5.74, 6) is 0. The van der Waals surface area contributed by atoms with E-state index in [1.807, 2.05) is 0 Å². The van der Waals surface area contributed by atoms with Gasteiger partial charge in [-0.3, -0.25) is 0 Å². The van der Waals surface area contributed by atoms with Crippen molar-refractivity contribution in [2.45, 2.75) is 40.8 Å². The van der Waals surface area contributed by atoms with E-state index >= 15 is 0 Å². The van der Waals surface area contributed by atoms with E-state index in [0.29, 0.717) is 0 Å². The molecule has 0 aromatic heterocycles. The van der Waals surface area contributed by atoms with E-state index in [-0.39, 0.29) is 0 Å². The second-order valence-electron chi connectivity index (χ2n) is 4.06. The molecule has 0 spiro atoms. The summed E-state index contributed by atoms with van der Waals surface area (Å²) in [5.41, 5.74) is 9.01. The summed E-state index contributed by atoms with van der Waals surface area (Å²) in [4.78, 5) is 0. The standard InChI is InChI=1S/C12H17N/c1-7-8(2)10(4)12-6-13-5-11(12)9(7)3/h13H,5-6H2,1-4H3. The van der Waals surface area contributed by atoms with E-state index in [0.717, 1.165) is 13.1 Å². The molecule has 0 saturated heterocycles. The minimum absolute atomic E-state index is 1.06. The third kappa shape index (κ3) is 1.11. The molecular formula is C12H17N. The Bertz CT molecular complexity index is 329. The Hall–Kier alpha value is -0.820. The molecule has 0 aliphatic carbocycles. The van der Waals surface area contributed by atoms with Gasteiger partial charge in [-0.05, 0) is 61.1 Å². The van der Waals surface area contributed by atoms with Crippen LogP contribution in [0.5, 0.6) is 0 Å². The maximum atomic E-state index is 3.42. The molecule has 0 bridgehead atoms. The number of hydrogen-bond acceptors (Lipinski definition) is 1. The molecule has 1 aromatic rings. The Kier molecular flexibility index (Phi) is 1.92. The molecule has 1 aliphatic heterocycles. The summed E-state index contributed by atoms with van der Waals surface area (Å²) in [5, 5.41) is 3.42. The lowest BCUT2D eigenvalue weighted by Crippen LogP contribution is -2.00. The zero-order valence-electron chi connectivity index (χ0n) is 8.91. The topological polar surface area (TPSA) is 12.0 Å². The van der Waals surface area contributed by atoms with Crippen LogP contribution in [-0.2, 0) is 13.1 Å². The highest BCUT2D eigenvalue weighted by molar-refractivity contribution is 5.51. The summed E-state index contributed by atoms with van der Waals surface area (Å²) < 4.78 is 0. The van der Waals surface area contributed by atoms with E-state index in [1.165, 1.54) is 22.3 Å². The van der Waals surface area contributed by atoms with Gasteiger partial charge in [0.2, 0.25) is 0 Å². The van der Waals surface area contributed by atoms with Crippen LogP contribution in [0, 0.1) is 27.7 Å². The van der Waals surface area contributed by atoms with Gasteiger partial charge >= 0.3 is 0 Å². The van der Waals surface area contributed by atoms with Crippen LogP contribution < -0.4 is 5.32 Å². The summed E-state index contributed by atoms with van der Waals surface area (Å²) >= 11 is 0. The van der Waals surface area contributed by atoms with E-state index in [4.69, 9.17) is 0 Å². The van der Waals surface area contributed by atoms with Crippen molar-refractivity contribution in [2.24, 2.45) is 0 Å². The fourth-order valence-corrected chi connectivity index (χ4v) is 2.26. The van der Waals surface area contributed by atoms with Crippen molar-refractivity contribution >= 4 is 0 Å². The average molecular weight is 175 g/mol. The molecule has 0 amide bonds. The predicted octanol–water partition coefficient (Wildman–Crippen LogP) is 2.52. The quantitative estimate of drug-likeness (QED) is 0.639.